The first-order valence-corrected chi connectivity index (χ1v) is 10.7. The van der Waals surface area contributed by atoms with Crippen molar-refractivity contribution in [3.05, 3.63) is 76.9 Å². The van der Waals surface area contributed by atoms with Crippen LogP contribution in [0.4, 0.5) is 5.69 Å². The second-order valence-corrected chi connectivity index (χ2v) is 8.11. The molecule has 2 amide bonds. The lowest BCUT2D eigenvalue weighted by atomic mass is 9.99. The van der Waals surface area contributed by atoms with Crippen LogP contribution < -0.4 is 10.2 Å². The van der Waals surface area contributed by atoms with E-state index in [1.54, 1.807) is 0 Å². The lowest BCUT2D eigenvalue weighted by Crippen LogP contribution is -2.31. The third-order valence-corrected chi connectivity index (χ3v) is 6.11. The molecule has 3 aromatic carbocycles. The number of hydrogen-bond acceptors (Lipinski definition) is 2. The summed E-state index contributed by atoms with van der Waals surface area (Å²) in [6, 6.07) is 18.2. The molecular formula is C26H28N2O2. The monoisotopic (exact) mass is 400 g/mol. The Labute approximate surface area is 177 Å². The number of rotatable bonds is 7. The van der Waals surface area contributed by atoms with E-state index in [1.165, 1.54) is 11.1 Å². The van der Waals surface area contributed by atoms with E-state index >= 15 is 0 Å². The van der Waals surface area contributed by atoms with Gasteiger partial charge in [-0.2, -0.15) is 0 Å². The Hall–Kier alpha value is -3.14. The van der Waals surface area contributed by atoms with Gasteiger partial charge in [-0.15, -0.1) is 0 Å². The highest BCUT2D eigenvalue weighted by molar-refractivity contribution is 6.25. The van der Waals surface area contributed by atoms with Crippen molar-refractivity contribution < 1.29 is 9.59 Å². The summed E-state index contributed by atoms with van der Waals surface area (Å²) in [6.07, 6.45) is 1.87. The van der Waals surface area contributed by atoms with Crippen LogP contribution in [-0.4, -0.2) is 18.4 Å². The summed E-state index contributed by atoms with van der Waals surface area (Å²) < 4.78 is 0. The number of benzene rings is 3. The number of nitrogens with zero attached hydrogens (tertiary/aromatic N) is 1. The molecule has 0 saturated carbocycles. The van der Waals surface area contributed by atoms with Crippen molar-refractivity contribution in [2.24, 2.45) is 0 Å². The molecule has 1 atom stereocenters. The minimum atomic E-state index is 0.0169. The van der Waals surface area contributed by atoms with Gasteiger partial charge in [-0.25, -0.2) is 0 Å². The molecule has 0 spiro atoms. The maximum Gasteiger partial charge on any atom is 0.258 e. The Morgan fingerprint density at radius 1 is 1.03 bits per heavy atom. The molecule has 0 saturated heterocycles. The zero-order valence-electron chi connectivity index (χ0n) is 17.9. The van der Waals surface area contributed by atoms with Crippen LogP contribution in [0.2, 0.25) is 0 Å². The lowest BCUT2D eigenvalue weighted by Gasteiger charge is -2.20. The summed E-state index contributed by atoms with van der Waals surface area (Å²) in [4.78, 5) is 27.2. The third-order valence-electron chi connectivity index (χ3n) is 6.11. The van der Waals surface area contributed by atoms with Crippen LogP contribution in [0.5, 0.6) is 0 Å². The predicted molar refractivity (Wildman–Crippen MR) is 122 cm³/mol. The van der Waals surface area contributed by atoms with E-state index in [4.69, 9.17) is 0 Å². The van der Waals surface area contributed by atoms with Crippen LogP contribution in [0.15, 0.2) is 54.6 Å². The number of aryl methyl sites for hydroxylation is 2. The van der Waals surface area contributed by atoms with Gasteiger partial charge in [0.2, 0.25) is 5.91 Å². The molecule has 4 heteroatoms. The Morgan fingerprint density at radius 3 is 2.53 bits per heavy atom. The average Bonchev–Trinajstić information content (AvgIpc) is 3.02. The van der Waals surface area contributed by atoms with Gasteiger partial charge in [-0.1, -0.05) is 49.4 Å². The molecule has 154 valence electrons. The number of carbonyl (C=O) groups is 2. The topological polar surface area (TPSA) is 49.4 Å². The molecule has 4 nitrogen and oxygen atoms in total. The van der Waals surface area contributed by atoms with Gasteiger partial charge >= 0.3 is 0 Å². The molecule has 1 aliphatic heterocycles. The predicted octanol–water partition coefficient (Wildman–Crippen LogP) is 5.46. The van der Waals surface area contributed by atoms with Crippen LogP contribution in [0.1, 0.15) is 59.3 Å². The molecule has 4 rings (SSSR count). The first-order valence-electron chi connectivity index (χ1n) is 10.7. The first-order chi connectivity index (χ1) is 14.5. The summed E-state index contributed by atoms with van der Waals surface area (Å²) in [5.74, 6) is 0.0613. The molecule has 0 aliphatic carbocycles. The molecule has 1 heterocycles. The first kappa shape index (κ1) is 20.1. The quantitative estimate of drug-likeness (QED) is 0.572. The lowest BCUT2D eigenvalue weighted by molar-refractivity contribution is -0.121. The van der Waals surface area contributed by atoms with E-state index in [0.29, 0.717) is 19.4 Å². The number of amides is 2. The minimum Gasteiger partial charge on any atom is -0.349 e. The highest BCUT2D eigenvalue weighted by atomic mass is 16.2. The van der Waals surface area contributed by atoms with Crippen LogP contribution >= 0.6 is 0 Å². The zero-order valence-corrected chi connectivity index (χ0v) is 17.9. The molecule has 1 unspecified atom stereocenters. The van der Waals surface area contributed by atoms with Crippen molar-refractivity contribution in [3.63, 3.8) is 0 Å². The molecule has 1 N–H and O–H groups in total. The van der Waals surface area contributed by atoms with Gasteiger partial charge in [-0.3, -0.25) is 9.59 Å². The van der Waals surface area contributed by atoms with E-state index < -0.39 is 0 Å². The fourth-order valence-electron chi connectivity index (χ4n) is 4.27. The molecule has 0 fully saturated rings. The van der Waals surface area contributed by atoms with E-state index in [9.17, 15) is 9.59 Å². The second kappa shape index (κ2) is 8.31. The SMILES string of the molecule is CCC(NC(=O)CCCN1C(=O)c2cccc3cccc1c23)c1ccc(C)c(C)c1. The van der Waals surface area contributed by atoms with E-state index in [0.717, 1.165) is 34.0 Å². The summed E-state index contributed by atoms with van der Waals surface area (Å²) in [5, 5.41) is 5.27. The highest BCUT2D eigenvalue weighted by Crippen LogP contribution is 2.37. The van der Waals surface area contributed by atoms with Crippen molar-refractivity contribution in [1.29, 1.82) is 0 Å². The van der Waals surface area contributed by atoms with Crippen molar-refractivity contribution in [2.45, 2.75) is 46.1 Å². The maximum atomic E-state index is 12.8. The molecule has 3 aromatic rings. The van der Waals surface area contributed by atoms with Gasteiger partial charge < -0.3 is 10.2 Å². The van der Waals surface area contributed by atoms with Gasteiger partial charge in [0, 0.05) is 23.9 Å². The summed E-state index contributed by atoms with van der Waals surface area (Å²) in [7, 11) is 0. The van der Waals surface area contributed by atoms with Gasteiger partial charge in [-0.05, 0) is 60.9 Å². The largest absolute Gasteiger partial charge is 0.349 e. The van der Waals surface area contributed by atoms with Gasteiger partial charge in [0.1, 0.15) is 0 Å². The van der Waals surface area contributed by atoms with Crippen LogP contribution in [0.25, 0.3) is 10.8 Å². The Kier molecular flexibility index (Phi) is 5.58. The van der Waals surface area contributed by atoms with Crippen molar-refractivity contribution in [2.75, 3.05) is 11.4 Å². The number of nitrogens with one attached hydrogen (secondary N) is 1. The van der Waals surface area contributed by atoms with E-state index in [1.807, 2.05) is 41.3 Å². The normalized spacial score (nSPS) is 13.7. The minimum absolute atomic E-state index is 0.0169. The Bertz CT molecular complexity index is 1110. The van der Waals surface area contributed by atoms with E-state index in [2.05, 4.69) is 44.3 Å². The number of hydrogen-bond donors (Lipinski definition) is 1. The summed E-state index contributed by atoms with van der Waals surface area (Å²) in [5.41, 5.74) is 5.35. The van der Waals surface area contributed by atoms with Crippen molar-refractivity contribution >= 4 is 28.3 Å². The number of anilines is 1. The van der Waals surface area contributed by atoms with E-state index in [-0.39, 0.29) is 17.9 Å². The van der Waals surface area contributed by atoms with Crippen LogP contribution in [-0.2, 0) is 4.79 Å². The maximum absolute atomic E-state index is 12.8. The van der Waals surface area contributed by atoms with Crippen LogP contribution in [0.3, 0.4) is 0 Å². The second-order valence-electron chi connectivity index (χ2n) is 8.11. The molecule has 30 heavy (non-hydrogen) atoms. The fraction of sp³-hybridized carbons (Fsp3) is 0.308. The smallest absolute Gasteiger partial charge is 0.258 e. The summed E-state index contributed by atoms with van der Waals surface area (Å²) >= 11 is 0. The van der Waals surface area contributed by atoms with Crippen LogP contribution in [0, 0.1) is 13.8 Å². The molecule has 0 bridgehead atoms. The number of carbonyl (C=O) groups excluding carboxylic acids is 2. The van der Waals surface area contributed by atoms with Crippen molar-refractivity contribution in [3.8, 4) is 0 Å². The van der Waals surface area contributed by atoms with Gasteiger partial charge in [0.15, 0.2) is 0 Å². The average molecular weight is 401 g/mol. The zero-order chi connectivity index (χ0) is 21.3. The Balaban J connectivity index is 1.38. The summed E-state index contributed by atoms with van der Waals surface area (Å²) in [6.45, 7) is 6.82. The van der Waals surface area contributed by atoms with Gasteiger partial charge in [0.05, 0.1) is 11.7 Å². The Morgan fingerprint density at radius 2 is 1.80 bits per heavy atom. The van der Waals surface area contributed by atoms with Gasteiger partial charge in [0.25, 0.3) is 5.91 Å². The van der Waals surface area contributed by atoms with Crippen molar-refractivity contribution in [1.82, 2.24) is 5.32 Å². The highest BCUT2D eigenvalue weighted by Gasteiger charge is 2.29. The fourth-order valence-corrected chi connectivity index (χ4v) is 4.27. The standard InChI is InChI=1S/C26H28N2O2/c1-4-22(20-14-13-17(2)18(3)16-20)27-24(29)12-7-15-28-23-11-6-9-19-8-5-10-21(25(19)23)26(28)30/h5-6,8-11,13-14,16,22H,4,7,12,15H2,1-3H3,(H,27,29). The molecule has 0 radical (unpaired) electrons. The molecule has 1 aliphatic rings. The third kappa shape index (κ3) is 3.70. The molecular weight excluding hydrogens is 372 g/mol. The molecule has 0 aromatic heterocycles.